The normalized spacial score (nSPS) is 12.8. The Labute approximate surface area is 195 Å². The number of nitrogens with one attached hydrogen (secondary N) is 2. The number of aromatic nitrogens is 2. The van der Waals surface area contributed by atoms with Crippen LogP contribution >= 0.6 is 11.3 Å². The lowest BCUT2D eigenvalue weighted by Gasteiger charge is -2.27. The summed E-state index contributed by atoms with van der Waals surface area (Å²) < 4.78 is 5.78. The second-order valence-electron chi connectivity index (χ2n) is 7.74. The molecule has 33 heavy (non-hydrogen) atoms. The van der Waals surface area contributed by atoms with E-state index in [-0.39, 0.29) is 11.8 Å². The molecule has 5 rings (SSSR count). The van der Waals surface area contributed by atoms with Crippen LogP contribution in [0, 0.1) is 0 Å². The van der Waals surface area contributed by atoms with Crippen molar-refractivity contribution in [2.45, 2.75) is 19.4 Å². The Kier molecular flexibility index (Phi) is 5.91. The summed E-state index contributed by atoms with van der Waals surface area (Å²) in [7, 11) is 0. The quantitative estimate of drug-likeness (QED) is 0.441. The van der Waals surface area contributed by atoms with Gasteiger partial charge in [0.2, 0.25) is 5.91 Å². The molecule has 4 aromatic rings. The standard InChI is InChI=1S/C25H22N4O3S/c30-23(15-20-7-4-14-33-20)29-13-12-22-21(16-29)24(28-27-22)26-25(31)17-8-10-19(11-9-17)32-18-5-2-1-3-6-18/h1-11,14H,12-13,15-16H2,(H2,26,27,28,31). The van der Waals surface area contributed by atoms with Crippen LogP contribution in [-0.4, -0.2) is 33.5 Å². The number of ether oxygens (including phenoxy) is 1. The number of rotatable bonds is 6. The van der Waals surface area contributed by atoms with Crippen LogP contribution in [0.4, 0.5) is 5.82 Å². The van der Waals surface area contributed by atoms with E-state index in [0.717, 1.165) is 21.9 Å². The van der Waals surface area contributed by atoms with Gasteiger partial charge in [-0.15, -0.1) is 11.3 Å². The number of hydrogen-bond donors (Lipinski definition) is 2. The molecule has 166 valence electrons. The van der Waals surface area contributed by atoms with Gasteiger partial charge < -0.3 is 15.0 Å². The molecule has 3 heterocycles. The second-order valence-corrected chi connectivity index (χ2v) is 8.77. The number of H-pyrrole nitrogens is 1. The number of thiophene rings is 1. The van der Waals surface area contributed by atoms with Crippen molar-refractivity contribution < 1.29 is 14.3 Å². The smallest absolute Gasteiger partial charge is 0.256 e. The zero-order valence-corrected chi connectivity index (χ0v) is 18.6. The van der Waals surface area contributed by atoms with Crippen molar-refractivity contribution in [1.82, 2.24) is 15.1 Å². The first kappa shape index (κ1) is 21.0. The van der Waals surface area contributed by atoms with Gasteiger partial charge in [-0.1, -0.05) is 24.3 Å². The maximum Gasteiger partial charge on any atom is 0.256 e. The number of benzene rings is 2. The van der Waals surface area contributed by atoms with Crippen molar-refractivity contribution in [3.63, 3.8) is 0 Å². The van der Waals surface area contributed by atoms with Crippen LogP contribution in [0.25, 0.3) is 0 Å². The Morgan fingerprint density at radius 1 is 1.03 bits per heavy atom. The third kappa shape index (κ3) is 4.80. The molecule has 2 aromatic heterocycles. The summed E-state index contributed by atoms with van der Waals surface area (Å²) in [5.41, 5.74) is 2.25. The zero-order chi connectivity index (χ0) is 22.6. The molecule has 0 radical (unpaired) electrons. The molecule has 0 atom stereocenters. The van der Waals surface area contributed by atoms with Gasteiger partial charge in [0.05, 0.1) is 18.7 Å². The Morgan fingerprint density at radius 2 is 1.82 bits per heavy atom. The average Bonchev–Trinajstić information content (AvgIpc) is 3.50. The number of para-hydroxylation sites is 1. The van der Waals surface area contributed by atoms with Gasteiger partial charge in [0, 0.05) is 29.0 Å². The van der Waals surface area contributed by atoms with Crippen molar-refractivity contribution in [2.24, 2.45) is 0 Å². The zero-order valence-electron chi connectivity index (χ0n) is 17.8. The highest BCUT2D eigenvalue weighted by Crippen LogP contribution is 2.26. The van der Waals surface area contributed by atoms with Gasteiger partial charge in [-0.2, -0.15) is 5.10 Å². The number of hydrogen-bond acceptors (Lipinski definition) is 5. The number of anilines is 1. The molecular weight excluding hydrogens is 436 g/mol. The molecule has 2 amide bonds. The molecule has 0 bridgehead atoms. The Hall–Kier alpha value is -3.91. The average molecular weight is 459 g/mol. The second kappa shape index (κ2) is 9.30. The molecule has 0 saturated carbocycles. The molecule has 8 heteroatoms. The summed E-state index contributed by atoms with van der Waals surface area (Å²) in [5, 5.41) is 12.1. The predicted molar refractivity (Wildman–Crippen MR) is 127 cm³/mol. The van der Waals surface area contributed by atoms with E-state index in [1.807, 2.05) is 52.7 Å². The van der Waals surface area contributed by atoms with Gasteiger partial charge in [-0.05, 0) is 47.8 Å². The van der Waals surface area contributed by atoms with Crippen LogP contribution in [0.2, 0.25) is 0 Å². The summed E-state index contributed by atoms with van der Waals surface area (Å²) >= 11 is 1.58. The summed E-state index contributed by atoms with van der Waals surface area (Å²) in [6, 6.07) is 20.3. The largest absolute Gasteiger partial charge is 0.457 e. The summed E-state index contributed by atoms with van der Waals surface area (Å²) in [6.07, 6.45) is 1.05. The van der Waals surface area contributed by atoms with E-state index in [1.54, 1.807) is 35.6 Å². The maximum absolute atomic E-state index is 12.8. The van der Waals surface area contributed by atoms with Crippen LogP contribution < -0.4 is 10.1 Å². The maximum atomic E-state index is 12.8. The van der Waals surface area contributed by atoms with E-state index < -0.39 is 0 Å². The number of carbonyl (C=O) groups is 2. The van der Waals surface area contributed by atoms with E-state index >= 15 is 0 Å². The lowest BCUT2D eigenvalue weighted by Crippen LogP contribution is -2.37. The highest BCUT2D eigenvalue weighted by atomic mass is 32.1. The topological polar surface area (TPSA) is 87.3 Å². The summed E-state index contributed by atoms with van der Waals surface area (Å²) in [6.45, 7) is 1.05. The summed E-state index contributed by atoms with van der Waals surface area (Å²) in [4.78, 5) is 28.4. The molecule has 0 fully saturated rings. The van der Waals surface area contributed by atoms with Gasteiger partial charge in [0.15, 0.2) is 0 Å². The highest BCUT2D eigenvalue weighted by molar-refractivity contribution is 7.10. The van der Waals surface area contributed by atoms with Crippen molar-refractivity contribution >= 4 is 29.0 Å². The minimum absolute atomic E-state index is 0.0792. The van der Waals surface area contributed by atoms with Gasteiger partial charge in [-0.25, -0.2) is 0 Å². The molecule has 2 aromatic carbocycles. The van der Waals surface area contributed by atoms with Gasteiger partial charge in [0.1, 0.15) is 17.3 Å². The van der Waals surface area contributed by atoms with E-state index in [4.69, 9.17) is 4.74 Å². The van der Waals surface area contributed by atoms with Crippen LogP contribution in [0.1, 0.15) is 26.5 Å². The Morgan fingerprint density at radius 3 is 2.58 bits per heavy atom. The fourth-order valence-corrected chi connectivity index (χ4v) is 4.46. The minimum atomic E-state index is -0.255. The molecule has 0 aliphatic carbocycles. The molecule has 0 spiro atoms. The lowest BCUT2D eigenvalue weighted by atomic mass is 10.1. The number of fused-ring (bicyclic) bond motifs is 1. The summed E-state index contributed by atoms with van der Waals surface area (Å²) in [5.74, 6) is 1.74. The Bertz CT molecular complexity index is 1250. The fourth-order valence-electron chi connectivity index (χ4n) is 3.77. The van der Waals surface area contributed by atoms with Crippen LogP contribution in [0.3, 0.4) is 0 Å². The SMILES string of the molecule is O=C(Nc1[nH]nc2c1CN(C(=O)Cc1cccs1)CC2)c1ccc(Oc2ccccc2)cc1. The molecule has 0 unspecified atom stereocenters. The van der Waals surface area contributed by atoms with E-state index in [1.165, 1.54) is 0 Å². The van der Waals surface area contributed by atoms with E-state index in [0.29, 0.717) is 43.1 Å². The van der Waals surface area contributed by atoms with Crippen LogP contribution in [-0.2, 0) is 24.2 Å². The van der Waals surface area contributed by atoms with E-state index in [2.05, 4.69) is 15.5 Å². The van der Waals surface area contributed by atoms with Gasteiger partial charge >= 0.3 is 0 Å². The van der Waals surface area contributed by atoms with Crippen molar-refractivity contribution in [2.75, 3.05) is 11.9 Å². The monoisotopic (exact) mass is 458 g/mol. The number of amides is 2. The van der Waals surface area contributed by atoms with Crippen molar-refractivity contribution in [3.05, 3.63) is 93.8 Å². The van der Waals surface area contributed by atoms with Crippen molar-refractivity contribution in [1.29, 1.82) is 0 Å². The highest BCUT2D eigenvalue weighted by Gasteiger charge is 2.26. The van der Waals surface area contributed by atoms with Gasteiger partial charge in [-0.3, -0.25) is 14.7 Å². The van der Waals surface area contributed by atoms with Gasteiger partial charge in [0.25, 0.3) is 5.91 Å². The van der Waals surface area contributed by atoms with Crippen molar-refractivity contribution in [3.8, 4) is 11.5 Å². The third-order valence-electron chi connectivity index (χ3n) is 5.51. The molecule has 2 N–H and O–H groups in total. The number of aromatic amines is 1. The number of nitrogens with zero attached hydrogens (tertiary/aromatic N) is 2. The molecular formula is C25H22N4O3S. The first-order valence-corrected chi connectivity index (χ1v) is 11.5. The first-order valence-electron chi connectivity index (χ1n) is 10.7. The third-order valence-corrected chi connectivity index (χ3v) is 6.39. The van der Waals surface area contributed by atoms with Crippen LogP contribution in [0.15, 0.2) is 72.1 Å². The van der Waals surface area contributed by atoms with Crippen LogP contribution in [0.5, 0.6) is 11.5 Å². The molecule has 7 nitrogen and oxygen atoms in total. The lowest BCUT2D eigenvalue weighted by molar-refractivity contribution is -0.131. The Balaban J connectivity index is 1.24. The van der Waals surface area contributed by atoms with E-state index in [9.17, 15) is 9.59 Å². The minimum Gasteiger partial charge on any atom is -0.457 e. The number of carbonyl (C=O) groups excluding carboxylic acids is 2. The molecule has 1 aliphatic heterocycles. The predicted octanol–water partition coefficient (Wildman–Crippen LogP) is 4.64. The molecule has 1 aliphatic rings. The first-order chi connectivity index (χ1) is 16.2. The fraction of sp³-hybridized carbons (Fsp3) is 0.160. The molecule has 0 saturated heterocycles.